The minimum atomic E-state index is -1.08. The topological polar surface area (TPSA) is 154 Å². The highest BCUT2D eigenvalue weighted by molar-refractivity contribution is 5.88. The van der Waals surface area contributed by atoms with E-state index in [-0.39, 0.29) is 12.0 Å². The van der Waals surface area contributed by atoms with Gasteiger partial charge >= 0.3 is 5.97 Å². The van der Waals surface area contributed by atoms with Crippen LogP contribution in [0.5, 0.6) is 0 Å². The van der Waals surface area contributed by atoms with Crippen LogP contribution < -0.4 is 27.6 Å². The molecular formula is C23H23N5O3. The summed E-state index contributed by atoms with van der Waals surface area (Å²) in [7, 11) is 0. The molecule has 0 saturated carbocycles. The van der Waals surface area contributed by atoms with Gasteiger partial charge in [0.2, 0.25) is 0 Å². The smallest absolute Gasteiger partial charge is 0.320 e. The standard InChI is InChI=1S/C23H23N5O3/c24-14-8-5-13(6-9-14)7-10-20-17(22(29)28-27-20)12-21-16(11-18(25)23(30)31)15-3-1-2-4-19(15)26-21/h1-6,8-10,12,18,26-27H,7,11,24-25H2,(H,28,29)(H,30,31). The average molecular weight is 417 g/mol. The number of carboxylic acids is 1. The molecule has 8 N–H and O–H groups in total. The second-order valence-corrected chi connectivity index (χ2v) is 7.41. The minimum absolute atomic E-state index is 0.137. The van der Waals surface area contributed by atoms with Gasteiger partial charge in [0.25, 0.3) is 5.56 Å². The Morgan fingerprint density at radius 2 is 1.84 bits per heavy atom. The number of fused-ring (bicyclic) bond motifs is 1. The molecule has 0 saturated heterocycles. The zero-order valence-electron chi connectivity index (χ0n) is 16.7. The number of aliphatic carboxylic acids is 1. The fourth-order valence-corrected chi connectivity index (χ4v) is 3.57. The van der Waals surface area contributed by atoms with Gasteiger partial charge in [0.1, 0.15) is 6.04 Å². The Hall–Kier alpha value is -4.04. The average Bonchev–Trinajstić information content (AvgIpc) is 3.28. The lowest BCUT2D eigenvalue weighted by Crippen LogP contribution is -2.34. The van der Waals surface area contributed by atoms with Gasteiger partial charge < -0.3 is 21.6 Å². The first kappa shape index (κ1) is 20.2. The van der Waals surface area contributed by atoms with Crippen LogP contribution in [0.2, 0.25) is 0 Å². The van der Waals surface area contributed by atoms with Crippen LogP contribution in [0.15, 0.2) is 53.3 Å². The van der Waals surface area contributed by atoms with Gasteiger partial charge in [0, 0.05) is 28.7 Å². The second kappa shape index (κ2) is 8.37. The summed E-state index contributed by atoms with van der Waals surface area (Å²) in [6.45, 7) is 0. The van der Waals surface area contributed by atoms with Crippen LogP contribution in [-0.2, 0) is 17.6 Å². The SMILES string of the molecule is Nc1ccc(CC=c2[nH][nH]c(=O)c2=Cc2[nH]c3ccccc3c2CC(N)C(=O)O)cc1. The van der Waals surface area contributed by atoms with Crippen molar-refractivity contribution in [3.63, 3.8) is 0 Å². The molecule has 0 amide bonds. The highest BCUT2D eigenvalue weighted by Gasteiger charge is 2.18. The predicted octanol–water partition coefficient (Wildman–Crippen LogP) is 0.573. The number of aromatic nitrogens is 3. The van der Waals surface area contributed by atoms with Crippen molar-refractivity contribution < 1.29 is 9.90 Å². The molecule has 1 atom stereocenters. The lowest BCUT2D eigenvalue weighted by molar-refractivity contribution is -0.138. The van der Waals surface area contributed by atoms with E-state index in [1.165, 1.54) is 0 Å². The molecule has 0 bridgehead atoms. The van der Waals surface area contributed by atoms with Crippen molar-refractivity contribution in [1.29, 1.82) is 0 Å². The molecule has 8 heteroatoms. The number of hydrogen-bond acceptors (Lipinski definition) is 4. The summed E-state index contributed by atoms with van der Waals surface area (Å²) < 4.78 is 0. The van der Waals surface area contributed by atoms with Crippen molar-refractivity contribution in [3.8, 4) is 0 Å². The zero-order valence-corrected chi connectivity index (χ0v) is 16.7. The number of nitrogens with two attached hydrogens (primary N) is 2. The number of aromatic amines is 3. The molecule has 31 heavy (non-hydrogen) atoms. The van der Waals surface area contributed by atoms with Crippen molar-refractivity contribution in [1.82, 2.24) is 15.2 Å². The number of rotatable bonds is 6. The lowest BCUT2D eigenvalue weighted by atomic mass is 10.0. The van der Waals surface area contributed by atoms with Crippen molar-refractivity contribution in [2.75, 3.05) is 5.73 Å². The Morgan fingerprint density at radius 3 is 2.58 bits per heavy atom. The van der Waals surface area contributed by atoms with Crippen LogP contribution in [0.1, 0.15) is 16.8 Å². The number of para-hydroxylation sites is 1. The van der Waals surface area contributed by atoms with Crippen LogP contribution in [0.3, 0.4) is 0 Å². The second-order valence-electron chi connectivity index (χ2n) is 7.41. The molecule has 158 valence electrons. The van der Waals surface area contributed by atoms with E-state index in [9.17, 15) is 14.7 Å². The number of nitrogens with one attached hydrogen (secondary N) is 3. The van der Waals surface area contributed by atoms with Gasteiger partial charge in [-0.25, -0.2) is 0 Å². The molecular weight excluding hydrogens is 394 g/mol. The molecule has 4 rings (SSSR count). The van der Waals surface area contributed by atoms with Crippen molar-refractivity contribution in [2.45, 2.75) is 18.9 Å². The normalized spacial score (nSPS) is 13.7. The molecule has 4 aromatic rings. The maximum atomic E-state index is 12.5. The van der Waals surface area contributed by atoms with E-state index in [2.05, 4.69) is 15.2 Å². The third kappa shape index (κ3) is 4.29. The van der Waals surface area contributed by atoms with E-state index >= 15 is 0 Å². The van der Waals surface area contributed by atoms with Crippen LogP contribution >= 0.6 is 0 Å². The Labute approximate surface area is 176 Å². The van der Waals surface area contributed by atoms with E-state index in [1.807, 2.05) is 54.6 Å². The number of H-pyrrole nitrogens is 3. The number of benzene rings is 2. The predicted molar refractivity (Wildman–Crippen MR) is 121 cm³/mol. The van der Waals surface area contributed by atoms with Crippen LogP contribution in [0, 0.1) is 0 Å². The Morgan fingerprint density at radius 1 is 1.10 bits per heavy atom. The Bertz CT molecular complexity index is 1410. The van der Waals surface area contributed by atoms with Gasteiger partial charge in [0.15, 0.2) is 0 Å². The van der Waals surface area contributed by atoms with Crippen LogP contribution in [0.4, 0.5) is 5.69 Å². The van der Waals surface area contributed by atoms with Gasteiger partial charge in [-0.2, -0.15) is 0 Å². The molecule has 2 aromatic heterocycles. The maximum absolute atomic E-state index is 12.5. The summed E-state index contributed by atoms with van der Waals surface area (Å²) in [4.78, 5) is 27.1. The van der Waals surface area contributed by atoms with E-state index < -0.39 is 12.0 Å². The Kier molecular flexibility index (Phi) is 5.46. The summed E-state index contributed by atoms with van der Waals surface area (Å²) in [6.07, 6.45) is 4.39. The van der Waals surface area contributed by atoms with Crippen molar-refractivity contribution >= 4 is 34.7 Å². The van der Waals surface area contributed by atoms with Gasteiger partial charge in [0.05, 0.1) is 10.6 Å². The molecule has 0 aliphatic heterocycles. The molecule has 0 fully saturated rings. The van der Waals surface area contributed by atoms with Gasteiger partial charge in [-0.15, -0.1) is 0 Å². The highest BCUT2D eigenvalue weighted by Crippen LogP contribution is 2.24. The fraction of sp³-hybridized carbons (Fsp3) is 0.130. The summed E-state index contributed by atoms with van der Waals surface area (Å²) in [5.41, 5.74) is 15.3. The van der Waals surface area contributed by atoms with Crippen LogP contribution in [-0.4, -0.2) is 32.3 Å². The van der Waals surface area contributed by atoms with Gasteiger partial charge in [-0.05, 0) is 41.8 Å². The van der Waals surface area contributed by atoms with Gasteiger partial charge in [-0.1, -0.05) is 36.4 Å². The van der Waals surface area contributed by atoms with Crippen LogP contribution in [0.25, 0.3) is 23.1 Å². The van der Waals surface area contributed by atoms with E-state index in [4.69, 9.17) is 11.5 Å². The van der Waals surface area contributed by atoms with Gasteiger partial charge in [-0.3, -0.25) is 19.8 Å². The molecule has 8 nitrogen and oxygen atoms in total. The molecule has 0 spiro atoms. The first-order valence-corrected chi connectivity index (χ1v) is 9.83. The minimum Gasteiger partial charge on any atom is -0.480 e. The number of carbonyl (C=O) groups is 1. The monoisotopic (exact) mass is 417 g/mol. The first-order chi connectivity index (χ1) is 14.9. The largest absolute Gasteiger partial charge is 0.480 e. The van der Waals surface area contributed by atoms with Crippen molar-refractivity contribution in [2.24, 2.45) is 5.73 Å². The summed E-state index contributed by atoms with van der Waals surface area (Å²) in [6, 6.07) is 14.1. The summed E-state index contributed by atoms with van der Waals surface area (Å²) >= 11 is 0. The quantitative estimate of drug-likeness (QED) is 0.253. The number of nitrogen functional groups attached to an aromatic ring is 1. The summed E-state index contributed by atoms with van der Waals surface area (Å²) in [5, 5.41) is 16.8. The van der Waals surface area contributed by atoms with E-state index in [1.54, 1.807) is 6.08 Å². The molecule has 0 radical (unpaired) electrons. The number of hydrogen-bond donors (Lipinski definition) is 6. The van der Waals surface area contributed by atoms with E-state index in [0.717, 1.165) is 22.0 Å². The fourth-order valence-electron chi connectivity index (χ4n) is 3.57. The van der Waals surface area contributed by atoms with E-state index in [0.29, 0.717) is 28.4 Å². The molecule has 0 aliphatic rings. The number of carboxylic acid groups (broad SMARTS) is 1. The first-order valence-electron chi connectivity index (χ1n) is 9.83. The highest BCUT2D eigenvalue weighted by atomic mass is 16.4. The summed E-state index contributed by atoms with van der Waals surface area (Å²) in [5.74, 6) is -1.08. The maximum Gasteiger partial charge on any atom is 0.320 e. The third-order valence-corrected chi connectivity index (χ3v) is 5.24. The number of anilines is 1. The van der Waals surface area contributed by atoms with Crippen molar-refractivity contribution in [3.05, 3.63) is 86.3 Å². The molecule has 0 aliphatic carbocycles. The lowest BCUT2D eigenvalue weighted by Gasteiger charge is -2.06. The molecule has 2 aromatic carbocycles. The Balaban J connectivity index is 1.81. The third-order valence-electron chi connectivity index (χ3n) is 5.24. The zero-order chi connectivity index (χ0) is 22.0. The molecule has 1 unspecified atom stereocenters. The molecule has 2 heterocycles.